The predicted molar refractivity (Wildman–Crippen MR) is 470 cm³/mol. The second-order valence-corrected chi connectivity index (χ2v) is 33.2. The van der Waals surface area contributed by atoms with Gasteiger partial charge in [0, 0.05) is 125 Å². The molecule has 2 aromatic heterocycles. The Kier molecular flexibility index (Phi) is 40.7. The number of aromatic amines is 2. The number of amides is 15. The van der Waals surface area contributed by atoms with Crippen LogP contribution in [-0.4, -0.2) is 307 Å². The number of likely N-dealkylation sites (N-methyl/N-ethyl adjacent to an activating group) is 3. The Morgan fingerprint density at radius 1 is 0.583 bits per heavy atom. The lowest BCUT2D eigenvalue weighted by molar-refractivity contribution is -0.143. The minimum absolute atomic E-state index is 0.0420. The molecule has 0 saturated carbocycles. The second-order valence-electron chi connectivity index (χ2n) is 32.2. The average molecular weight is 1790 g/mol. The topological polar surface area (TPSA) is 635 Å². The Morgan fingerprint density at radius 3 is 1.76 bits per heavy atom. The van der Waals surface area contributed by atoms with Gasteiger partial charge in [0.15, 0.2) is 0 Å². The van der Waals surface area contributed by atoms with E-state index in [1.165, 1.54) is 50.1 Å². The van der Waals surface area contributed by atoms with Crippen molar-refractivity contribution in [3.05, 3.63) is 102 Å². The highest BCUT2D eigenvalue weighted by molar-refractivity contribution is 8.00. The number of unbranched alkanes of at least 4 members (excludes halogenated alkanes) is 2. The molecule has 0 radical (unpaired) electrons. The third-order valence-electron chi connectivity index (χ3n) is 22.4. The average Bonchev–Trinajstić information content (AvgIpc) is 1.68. The maximum absolute atomic E-state index is 15.7. The van der Waals surface area contributed by atoms with Crippen LogP contribution >= 0.6 is 11.8 Å². The van der Waals surface area contributed by atoms with Crippen molar-refractivity contribution in [2.24, 2.45) is 22.9 Å². The number of primary amides is 1. The predicted octanol–water partition coefficient (Wildman–Crippen LogP) is -3.44. The summed E-state index contributed by atoms with van der Waals surface area (Å²) in [4.78, 5) is 239. The number of aliphatic hydroxyl groups excluding tert-OH is 2. The molecule has 7 rings (SSSR count). The van der Waals surface area contributed by atoms with E-state index in [-0.39, 0.29) is 82.5 Å². The van der Waals surface area contributed by atoms with E-state index in [9.17, 15) is 78.0 Å². The normalized spacial score (nSPS) is 25.2. The van der Waals surface area contributed by atoms with Crippen molar-refractivity contribution in [2.75, 3.05) is 71.9 Å². The number of aliphatic hydroxyl groups is 2. The van der Waals surface area contributed by atoms with E-state index in [4.69, 9.17) is 22.9 Å². The zero-order valence-electron chi connectivity index (χ0n) is 72.7. The molecule has 5 aromatic rings. The number of nitrogens with one attached hydrogen (secondary N) is 13. The van der Waals surface area contributed by atoms with Gasteiger partial charge in [0.1, 0.15) is 78.4 Å². The largest absolute Gasteiger partial charge is 0.508 e. The second kappa shape index (κ2) is 50.5. The molecule has 41 nitrogen and oxygen atoms in total. The number of phenolic OH excluding ortho intramolecular Hbond substituents is 1. The molecule has 696 valence electrons. The van der Waals surface area contributed by atoms with E-state index in [1.54, 1.807) is 55.7 Å². The SMILES string of the molecule is CCCCC1C(=O)NC(C)C(=O)NC(C(=O)NCC(N)O)CSCC(=O)NC(Cc2ccc(O)cc2)C(=O)N(C)C(C)C(=O)NC(CC(N)=O)C(=O)NCCCCC(=O)NC(CN)C(=O)NC(CCC(=O)O)C(=O)N2CC(O)CC2C(=O)NC(Cc2c[nH]c3ccccc23)C(=O)NC(CCN)C(=O)NC(Cc2c[nH]c3ccccc23)C(=O)N(C)C(CCCC)CN1C. The van der Waals surface area contributed by atoms with Crippen molar-refractivity contribution in [3.8, 4) is 5.75 Å². The van der Waals surface area contributed by atoms with Crippen molar-refractivity contribution in [3.63, 3.8) is 0 Å². The Balaban J connectivity index is 1.23. The van der Waals surface area contributed by atoms with E-state index in [0.29, 0.717) is 59.7 Å². The molecule has 0 spiro atoms. The van der Waals surface area contributed by atoms with Gasteiger partial charge >= 0.3 is 5.97 Å². The summed E-state index contributed by atoms with van der Waals surface area (Å²) < 4.78 is 0. The molecule has 2 aliphatic heterocycles. The van der Waals surface area contributed by atoms with E-state index in [2.05, 4.69) is 68.5 Å². The molecule has 42 heteroatoms. The van der Waals surface area contributed by atoms with Gasteiger partial charge in [0.05, 0.1) is 30.9 Å². The number of carboxylic acid groups (broad SMARTS) is 1. The number of carboxylic acids is 1. The van der Waals surface area contributed by atoms with Gasteiger partial charge in [-0.2, -0.15) is 0 Å². The lowest BCUT2D eigenvalue weighted by atomic mass is 10.00. The van der Waals surface area contributed by atoms with Crippen molar-refractivity contribution in [1.29, 1.82) is 0 Å². The van der Waals surface area contributed by atoms with Crippen LogP contribution in [0.2, 0.25) is 0 Å². The molecule has 3 aromatic carbocycles. The number of aromatic hydroxyl groups is 1. The summed E-state index contributed by atoms with van der Waals surface area (Å²) in [6.45, 7) is 4.76. The number of fused-ring (bicyclic) bond motifs is 3. The molecule has 25 N–H and O–H groups in total. The monoisotopic (exact) mass is 1790 g/mol. The van der Waals surface area contributed by atoms with Crippen LogP contribution in [0.1, 0.15) is 134 Å². The van der Waals surface area contributed by atoms with Crippen molar-refractivity contribution in [2.45, 2.75) is 228 Å². The number of carbonyl (C=O) groups excluding carboxylic acids is 15. The third kappa shape index (κ3) is 31.0. The number of H-pyrrole nitrogens is 2. The Bertz CT molecular complexity index is 4630. The first-order valence-corrected chi connectivity index (χ1v) is 43.9. The maximum Gasteiger partial charge on any atom is 0.303 e. The summed E-state index contributed by atoms with van der Waals surface area (Å²) in [5.74, 6) is -15.2. The molecule has 0 aliphatic carbocycles. The summed E-state index contributed by atoms with van der Waals surface area (Å²) in [6, 6.07) is 1.94. The Hall–Kier alpha value is -11.8. The van der Waals surface area contributed by atoms with Gasteiger partial charge in [-0.05, 0) is 107 Å². The smallest absolute Gasteiger partial charge is 0.303 e. The van der Waals surface area contributed by atoms with Crippen LogP contribution < -0.4 is 81.4 Å². The molecule has 4 heterocycles. The summed E-state index contributed by atoms with van der Waals surface area (Å²) in [5.41, 5.74) is 26.3. The lowest BCUT2D eigenvalue weighted by Gasteiger charge is -2.37. The van der Waals surface area contributed by atoms with Crippen LogP contribution in [0.15, 0.2) is 85.2 Å². The van der Waals surface area contributed by atoms with Gasteiger partial charge in [0.2, 0.25) is 88.6 Å². The Morgan fingerprint density at radius 2 is 1.15 bits per heavy atom. The third-order valence-corrected chi connectivity index (χ3v) is 23.4. The number of aromatic nitrogens is 2. The van der Waals surface area contributed by atoms with Gasteiger partial charge < -0.3 is 127 Å². The van der Waals surface area contributed by atoms with Crippen LogP contribution in [-0.2, 0) is 96.0 Å². The van der Waals surface area contributed by atoms with Crippen LogP contribution in [0, 0.1) is 0 Å². The maximum atomic E-state index is 15.7. The van der Waals surface area contributed by atoms with Crippen LogP contribution in [0.5, 0.6) is 5.75 Å². The van der Waals surface area contributed by atoms with Crippen LogP contribution in [0.25, 0.3) is 21.8 Å². The molecule has 15 amide bonds. The highest BCUT2D eigenvalue weighted by Crippen LogP contribution is 2.26. The van der Waals surface area contributed by atoms with Gasteiger partial charge in [-0.1, -0.05) is 88.1 Å². The number of aliphatic carboxylic acids is 1. The van der Waals surface area contributed by atoms with E-state index < -0.39 is 237 Å². The fourth-order valence-electron chi connectivity index (χ4n) is 15.0. The van der Waals surface area contributed by atoms with E-state index in [0.717, 1.165) is 32.5 Å². The number of phenols is 1. The van der Waals surface area contributed by atoms with Crippen molar-refractivity contribution in [1.82, 2.24) is 88.1 Å². The van der Waals surface area contributed by atoms with Gasteiger partial charge in [-0.3, -0.25) is 81.6 Å². The standard InChI is InChI=1S/C85H125N21O20S/c1-8-10-18-52-43-103(5)67(23-11-9-2)81(122)94-47(3)74(115)102-66(77(118)93-42-70(89)110)45-127-46-72(112)95-63(34-49-25-27-53(107)28-26-49)83(124)104(6)48(4)75(116)99-62(38-69(88)109)76(117)90-33-17-16-24-71(111)96-65(39-87)80(121)98-60(29-30-73(113)114)85(126)106-44-54(108)37-68(106)82(123)100-61(35-50-40-91-57-21-14-12-19-55(50)57)79(120)97-59(31-32-86)78(119)101-64(84(125)105(52)7)36-51-41-92-58-22-15-13-20-56(51)58/h12-15,19-22,25-28,40-41,47-48,52,54,59-68,70,91-92,107-108,110H,8-11,16-18,23-24,29-39,42-46,86-87,89H2,1-7H3,(H2,88,109)(H,90,117)(H,93,118)(H,94,122)(H,95,112)(H,96,111)(H,97,120)(H,98,121)(H,99,116)(H,100,123)(H,101,119)(H,102,115)(H,113,114). The molecule has 0 bridgehead atoms. The molecular weight excluding hydrogens is 1670 g/mol. The summed E-state index contributed by atoms with van der Waals surface area (Å²) in [5, 5.41) is 71.5. The molecule has 2 saturated heterocycles. The van der Waals surface area contributed by atoms with Gasteiger partial charge in [-0.15, -0.1) is 11.8 Å². The summed E-state index contributed by atoms with van der Waals surface area (Å²) in [7, 11) is 4.51. The molecule has 15 atom stereocenters. The van der Waals surface area contributed by atoms with Gasteiger partial charge in [-0.25, -0.2) is 0 Å². The molecule has 2 aliphatic rings. The van der Waals surface area contributed by atoms with Crippen LogP contribution in [0.4, 0.5) is 0 Å². The number of para-hydroxylation sites is 2. The van der Waals surface area contributed by atoms with Crippen molar-refractivity contribution >= 4 is 128 Å². The zero-order valence-corrected chi connectivity index (χ0v) is 73.6. The van der Waals surface area contributed by atoms with Crippen molar-refractivity contribution < 1.29 is 97.1 Å². The summed E-state index contributed by atoms with van der Waals surface area (Å²) in [6.07, 6.45) is 0.157. The number of hydrogen-bond acceptors (Lipinski definition) is 24. The fourth-order valence-corrected chi connectivity index (χ4v) is 15.9. The lowest BCUT2D eigenvalue weighted by Crippen LogP contribution is -2.61. The number of nitrogens with two attached hydrogens (primary N) is 4. The molecule has 2 fully saturated rings. The summed E-state index contributed by atoms with van der Waals surface area (Å²) >= 11 is 0.844. The first kappa shape index (κ1) is 102. The zero-order chi connectivity index (χ0) is 93.3. The minimum Gasteiger partial charge on any atom is -0.508 e. The highest BCUT2D eigenvalue weighted by Gasteiger charge is 2.45. The quantitative estimate of drug-likeness (QED) is 0.0283. The first-order valence-electron chi connectivity index (χ1n) is 42.7. The van der Waals surface area contributed by atoms with E-state index >= 15 is 19.2 Å². The molecular formula is C85H125N21O20S. The minimum atomic E-state index is -1.72. The number of carbonyl (C=O) groups is 16. The Labute approximate surface area is 740 Å². The van der Waals surface area contributed by atoms with E-state index in [1.807, 2.05) is 38.1 Å². The number of thioether (sulfide) groups is 1. The number of nitrogens with zero attached hydrogens (tertiary/aromatic N) is 4. The number of hydrogen-bond donors (Lipinski definition) is 21. The fraction of sp³-hybridized carbons (Fsp3) is 0.553. The molecule has 127 heavy (non-hydrogen) atoms. The number of benzene rings is 3. The first-order chi connectivity index (χ1) is 60.4. The number of rotatable bonds is 23. The van der Waals surface area contributed by atoms with Gasteiger partial charge in [0.25, 0.3) is 0 Å². The molecule has 15 unspecified atom stereocenters. The highest BCUT2D eigenvalue weighted by atomic mass is 32.2. The van der Waals surface area contributed by atoms with Crippen LogP contribution in [0.3, 0.4) is 0 Å².